The van der Waals surface area contributed by atoms with Gasteiger partial charge in [0.15, 0.2) is 5.75 Å². The number of hydrogen-bond acceptors (Lipinski definition) is 6. The van der Waals surface area contributed by atoms with E-state index in [1.54, 1.807) is 6.07 Å². The van der Waals surface area contributed by atoms with Gasteiger partial charge in [-0.15, -0.1) is 0 Å². The van der Waals surface area contributed by atoms with Crippen LogP contribution in [-0.2, 0) is 20.7 Å². The Morgan fingerprint density at radius 1 is 1.31 bits per heavy atom. The number of carbonyl (C=O) groups is 2. The van der Waals surface area contributed by atoms with E-state index < -0.39 is 16.9 Å². The highest BCUT2D eigenvalue weighted by molar-refractivity contribution is 5.84. The molecule has 1 aliphatic carbocycles. The van der Waals surface area contributed by atoms with Gasteiger partial charge in [0.1, 0.15) is 6.04 Å². The van der Waals surface area contributed by atoms with E-state index >= 15 is 0 Å². The third-order valence-corrected chi connectivity index (χ3v) is 4.65. The van der Waals surface area contributed by atoms with E-state index in [-0.39, 0.29) is 23.8 Å². The summed E-state index contributed by atoms with van der Waals surface area (Å²) >= 11 is 0. The lowest BCUT2D eigenvalue weighted by Crippen LogP contribution is -2.43. The zero-order valence-electron chi connectivity index (χ0n) is 15.0. The number of ether oxygens (including phenoxy) is 2. The Balaban J connectivity index is 2.09. The number of carbonyl (C=O) groups excluding carboxylic acids is 2. The molecule has 0 bridgehead atoms. The number of benzene rings is 1. The number of methoxy groups -OCH3 is 2. The maximum absolute atomic E-state index is 12.2. The molecular formula is C18H24N2O6. The van der Waals surface area contributed by atoms with Crippen molar-refractivity contribution in [1.29, 1.82) is 0 Å². The lowest BCUT2D eigenvalue weighted by atomic mass is 10.0. The highest BCUT2D eigenvalue weighted by atomic mass is 16.6. The van der Waals surface area contributed by atoms with Crippen LogP contribution in [0.4, 0.5) is 5.69 Å². The maximum Gasteiger partial charge on any atom is 0.328 e. The molecule has 0 radical (unpaired) electrons. The van der Waals surface area contributed by atoms with Crippen LogP contribution < -0.4 is 10.1 Å². The molecule has 0 unspecified atom stereocenters. The van der Waals surface area contributed by atoms with Crippen molar-refractivity contribution in [3.05, 3.63) is 33.9 Å². The molecule has 1 N–H and O–H groups in total. The van der Waals surface area contributed by atoms with Crippen LogP contribution >= 0.6 is 0 Å². The Kier molecular flexibility index (Phi) is 6.94. The van der Waals surface area contributed by atoms with Gasteiger partial charge in [-0.25, -0.2) is 4.79 Å². The predicted octanol–water partition coefficient (Wildman–Crippen LogP) is 2.38. The number of nitro benzene ring substituents is 1. The van der Waals surface area contributed by atoms with E-state index in [4.69, 9.17) is 9.47 Å². The van der Waals surface area contributed by atoms with Gasteiger partial charge in [0.05, 0.1) is 19.1 Å². The van der Waals surface area contributed by atoms with Crippen molar-refractivity contribution in [2.24, 2.45) is 5.92 Å². The summed E-state index contributed by atoms with van der Waals surface area (Å²) in [7, 11) is 2.59. The molecule has 0 heterocycles. The van der Waals surface area contributed by atoms with Crippen molar-refractivity contribution in [3.8, 4) is 5.75 Å². The van der Waals surface area contributed by atoms with Crippen molar-refractivity contribution in [3.63, 3.8) is 0 Å². The molecule has 0 aliphatic heterocycles. The van der Waals surface area contributed by atoms with Gasteiger partial charge in [-0.1, -0.05) is 18.9 Å². The number of nitrogens with one attached hydrogen (secondary N) is 1. The largest absolute Gasteiger partial charge is 0.490 e. The van der Waals surface area contributed by atoms with Gasteiger partial charge in [0, 0.05) is 18.9 Å². The summed E-state index contributed by atoms with van der Waals surface area (Å²) in [6.07, 6.45) is 4.81. The van der Waals surface area contributed by atoms with Gasteiger partial charge < -0.3 is 14.8 Å². The molecular weight excluding hydrogens is 340 g/mol. The summed E-state index contributed by atoms with van der Waals surface area (Å²) in [4.78, 5) is 34.9. The fraction of sp³-hybridized carbons (Fsp3) is 0.556. The summed E-state index contributed by atoms with van der Waals surface area (Å²) in [6.45, 7) is 0. The molecule has 1 fully saturated rings. The molecule has 26 heavy (non-hydrogen) atoms. The number of esters is 1. The summed E-state index contributed by atoms with van der Waals surface area (Å²) < 4.78 is 9.74. The first-order valence-corrected chi connectivity index (χ1v) is 8.63. The monoisotopic (exact) mass is 364 g/mol. The minimum atomic E-state index is -0.887. The Bertz CT molecular complexity index is 670. The summed E-state index contributed by atoms with van der Waals surface area (Å²) in [6, 6.07) is 3.56. The van der Waals surface area contributed by atoms with Crippen molar-refractivity contribution >= 4 is 17.6 Å². The molecule has 1 saturated carbocycles. The van der Waals surface area contributed by atoms with Crippen LogP contribution in [0.1, 0.15) is 37.7 Å². The lowest BCUT2D eigenvalue weighted by molar-refractivity contribution is -0.385. The van der Waals surface area contributed by atoms with Crippen LogP contribution in [0, 0.1) is 16.0 Å². The summed E-state index contributed by atoms with van der Waals surface area (Å²) in [5.41, 5.74) is 0.347. The van der Waals surface area contributed by atoms with E-state index in [0.717, 1.165) is 25.7 Å². The van der Waals surface area contributed by atoms with Crippen LogP contribution in [0.5, 0.6) is 5.75 Å². The third-order valence-electron chi connectivity index (χ3n) is 4.65. The first-order valence-electron chi connectivity index (χ1n) is 8.63. The van der Waals surface area contributed by atoms with Gasteiger partial charge in [0.2, 0.25) is 5.91 Å². The van der Waals surface area contributed by atoms with Crippen molar-refractivity contribution in [1.82, 2.24) is 5.32 Å². The fourth-order valence-electron chi connectivity index (χ4n) is 3.31. The van der Waals surface area contributed by atoms with E-state index in [1.807, 2.05) is 0 Å². The molecule has 1 aromatic carbocycles. The highest BCUT2D eigenvalue weighted by Crippen LogP contribution is 2.29. The molecule has 8 nitrogen and oxygen atoms in total. The highest BCUT2D eigenvalue weighted by Gasteiger charge is 2.26. The second-order valence-electron chi connectivity index (χ2n) is 6.47. The Hall–Kier alpha value is -2.64. The summed E-state index contributed by atoms with van der Waals surface area (Å²) in [5.74, 6) is -0.285. The summed E-state index contributed by atoms with van der Waals surface area (Å²) in [5, 5.41) is 13.8. The number of rotatable bonds is 8. The van der Waals surface area contributed by atoms with Crippen LogP contribution in [0.15, 0.2) is 18.2 Å². The Labute approximate surface area is 152 Å². The standard InChI is InChI=1S/C18H24N2O6/c1-25-16-8-7-13(10-15(16)20(23)24)9-14(18(22)26-2)19-17(21)11-12-5-3-4-6-12/h7-8,10,12,14H,3-6,9,11H2,1-2H3,(H,19,21)/t14-/m0/s1. The second-order valence-corrected chi connectivity index (χ2v) is 6.47. The molecule has 0 saturated heterocycles. The van der Waals surface area contributed by atoms with E-state index in [2.05, 4.69) is 5.32 Å². The average Bonchev–Trinajstić information content (AvgIpc) is 3.13. The predicted molar refractivity (Wildman–Crippen MR) is 93.9 cm³/mol. The fourth-order valence-corrected chi connectivity index (χ4v) is 3.31. The molecule has 0 aromatic heterocycles. The molecule has 1 aromatic rings. The van der Waals surface area contributed by atoms with Crippen LogP contribution in [0.2, 0.25) is 0 Å². The number of nitro groups is 1. The normalized spacial score (nSPS) is 15.3. The molecule has 2 rings (SSSR count). The molecule has 1 aliphatic rings. The van der Waals surface area contributed by atoms with Gasteiger partial charge in [0.25, 0.3) is 0 Å². The minimum Gasteiger partial charge on any atom is -0.490 e. The topological polar surface area (TPSA) is 108 Å². The molecule has 142 valence electrons. The van der Waals surface area contributed by atoms with Crippen LogP contribution in [0.25, 0.3) is 0 Å². The number of amides is 1. The Morgan fingerprint density at radius 2 is 2.00 bits per heavy atom. The third kappa shape index (κ3) is 5.18. The SMILES string of the molecule is COC(=O)[C@H](Cc1ccc(OC)c([N+](=O)[O-])c1)NC(=O)CC1CCCC1. The van der Waals surface area contributed by atoms with Crippen molar-refractivity contribution < 1.29 is 24.0 Å². The Morgan fingerprint density at radius 3 is 2.58 bits per heavy atom. The van der Waals surface area contributed by atoms with Crippen molar-refractivity contribution in [2.75, 3.05) is 14.2 Å². The van der Waals surface area contributed by atoms with Crippen LogP contribution in [0.3, 0.4) is 0 Å². The van der Waals surface area contributed by atoms with E-state index in [1.165, 1.54) is 26.4 Å². The van der Waals surface area contributed by atoms with Gasteiger partial charge in [-0.05, 0) is 30.4 Å². The van der Waals surface area contributed by atoms with Gasteiger partial charge >= 0.3 is 11.7 Å². The first kappa shape index (κ1) is 19.7. The smallest absolute Gasteiger partial charge is 0.328 e. The number of nitrogens with zero attached hydrogens (tertiary/aromatic N) is 1. The minimum absolute atomic E-state index is 0.105. The van der Waals surface area contributed by atoms with Gasteiger partial charge in [-0.3, -0.25) is 14.9 Å². The van der Waals surface area contributed by atoms with E-state index in [0.29, 0.717) is 17.9 Å². The average molecular weight is 364 g/mol. The number of hydrogen-bond donors (Lipinski definition) is 1. The molecule has 8 heteroatoms. The molecule has 1 atom stereocenters. The van der Waals surface area contributed by atoms with Crippen molar-refractivity contribution in [2.45, 2.75) is 44.6 Å². The second kappa shape index (κ2) is 9.17. The van der Waals surface area contributed by atoms with Crippen LogP contribution in [-0.4, -0.2) is 37.1 Å². The zero-order chi connectivity index (χ0) is 19.1. The maximum atomic E-state index is 12.2. The zero-order valence-corrected chi connectivity index (χ0v) is 15.0. The van der Waals surface area contributed by atoms with E-state index in [9.17, 15) is 19.7 Å². The molecule has 0 spiro atoms. The van der Waals surface area contributed by atoms with Gasteiger partial charge in [-0.2, -0.15) is 0 Å². The molecule has 1 amide bonds. The lowest BCUT2D eigenvalue weighted by Gasteiger charge is -2.18. The quantitative estimate of drug-likeness (QED) is 0.431. The first-order chi connectivity index (χ1) is 12.4.